The molecule has 9 nitrogen and oxygen atoms in total. The van der Waals surface area contributed by atoms with Crippen LogP contribution in [0.25, 0.3) is 5.95 Å². The summed E-state index contributed by atoms with van der Waals surface area (Å²) in [5.41, 5.74) is 2.80. The van der Waals surface area contributed by atoms with Gasteiger partial charge in [-0.15, -0.1) is 0 Å². The van der Waals surface area contributed by atoms with Gasteiger partial charge in [-0.25, -0.2) is 14.5 Å². The number of ether oxygens (including phenoxy) is 1. The summed E-state index contributed by atoms with van der Waals surface area (Å²) >= 11 is 0. The predicted molar refractivity (Wildman–Crippen MR) is 112 cm³/mol. The molecule has 0 unspecified atom stereocenters. The number of aromatic nitrogens is 4. The fourth-order valence-electron chi connectivity index (χ4n) is 2.91. The molecule has 156 valence electrons. The van der Waals surface area contributed by atoms with E-state index in [1.54, 1.807) is 50.0 Å². The molecule has 1 aromatic carbocycles. The quantitative estimate of drug-likeness (QED) is 0.626. The lowest BCUT2D eigenvalue weighted by Gasteiger charge is -2.16. The highest BCUT2D eigenvalue weighted by Gasteiger charge is 2.20. The van der Waals surface area contributed by atoms with Gasteiger partial charge in [-0.1, -0.05) is 12.1 Å². The van der Waals surface area contributed by atoms with E-state index >= 15 is 0 Å². The van der Waals surface area contributed by atoms with Crippen LogP contribution in [0.2, 0.25) is 0 Å². The SMILES string of the molecule is CCOC(=O)c1cnc(-n2nc(C)cc2C)nc1Nc1ccccc1C(=O)N(C)C. The fourth-order valence-corrected chi connectivity index (χ4v) is 2.91. The topological polar surface area (TPSA) is 102 Å². The molecule has 2 heterocycles. The van der Waals surface area contributed by atoms with Gasteiger partial charge in [-0.2, -0.15) is 10.1 Å². The Hall–Kier alpha value is -3.75. The Morgan fingerprint density at radius 2 is 1.90 bits per heavy atom. The molecule has 0 atom stereocenters. The standard InChI is InChI=1S/C21H24N6O3/c1-6-30-20(29)16-12-22-21(27-14(3)11-13(2)25-27)24-18(16)23-17-10-8-7-9-15(17)19(28)26(4)5/h7-12H,6H2,1-5H3,(H,22,23,24). The van der Waals surface area contributed by atoms with Gasteiger partial charge in [0.05, 0.1) is 23.6 Å². The Bertz CT molecular complexity index is 1090. The summed E-state index contributed by atoms with van der Waals surface area (Å²) in [5, 5.41) is 7.51. The molecule has 0 bridgehead atoms. The number of hydrogen-bond acceptors (Lipinski definition) is 7. The first-order valence-electron chi connectivity index (χ1n) is 9.47. The molecule has 0 aliphatic heterocycles. The maximum atomic E-state index is 12.6. The van der Waals surface area contributed by atoms with Crippen LogP contribution in [0.5, 0.6) is 0 Å². The first-order valence-corrected chi connectivity index (χ1v) is 9.47. The molecule has 1 amide bonds. The van der Waals surface area contributed by atoms with Gasteiger partial charge in [0.2, 0.25) is 0 Å². The van der Waals surface area contributed by atoms with E-state index in [1.807, 2.05) is 19.9 Å². The maximum absolute atomic E-state index is 12.6. The Kier molecular flexibility index (Phi) is 6.10. The first-order chi connectivity index (χ1) is 14.3. The molecule has 0 aliphatic rings. The Morgan fingerprint density at radius 3 is 2.53 bits per heavy atom. The number of esters is 1. The summed E-state index contributed by atoms with van der Waals surface area (Å²) in [6, 6.07) is 8.92. The maximum Gasteiger partial charge on any atom is 0.343 e. The minimum Gasteiger partial charge on any atom is -0.462 e. The van der Waals surface area contributed by atoms with Crippen LogP contribution in [0.15, 0.2) is 36.5 Å². The van der Waals surface area contributed by atoms with E-state index in [4.69, 9.17) is 4.74 Å². The van der Waals surface area contributed by atoms with E-state index in [0.29, 0.717) is 17.2 Å². The summed E-state index contributed by atoms with van der Waals surface area (Å²) in [5.74, 6) is -0.211. The normalized spacial score (nSPS) is 10.6. The predicted octanol–water partition coefficient (Wildman–Crippen LogP) is 2.90. The van der Waals surface area contributed by atoms with Gasteiger partial charge in [-0.05, 0) is 39.0 Å². The summed E-state index contributed by atoms with van der Waals surface area (Å²) < 4.78 is 6.73. The molecule has 0 spiro atoms. The lowest BCUT2D eigenvalue weighted by atomic mass is 10.1. The number of nitrogens with zero attached hydrogens (tertiary/aromatic N) is 5. The molecular weight excluding hydrogens is 384 g/mol. The lowest BCUT2D eigenvalue weighted by Crippen LogP contribution is -2.23. The van der Waals surface area contributed by atoms with Crippen molar-refractivity contribution in [3.63, 3.8) is 0 Å². The van der Waals surface area contributed by atoms with Crippen molar-refractivity contribution in [3.8, 4) is 5.95 Å². The van der Waals surface area contributed by atoms with Gasteiger partial charge < -0.3 is 15.0 Å². The first kappa shape index (κ1) is 21.0. The number of carbonyl (C=O) groups excluding carboxylic acids is 2. The second-order valence-corrected chi connectivity index (χ2v) is 6.86. The van der Waals surface area contributed by atoms with Gasteiger partial charge in [0.1, 0.15) is 5.56 Å². The molecule has 30 heavy (non-hydrogen) atoms. The number of anilines is 2. The van der Waals surface area contributed by atoms with Crippen molar-refractivity contribution < 1.29 is 14.3 Å². The third-order valence-electron chi connectivity index (χ3n) is 4.29. The monoisotopic (exact) mass is 408 g/mol. The molecule has 0 radical (unpaired) electrons. The molecule has 1 N–H and O–H groups in total. The zero-order valence-corrected chi connectivity index (χ0v) is 17.6. The highest BCUT2D eigenvalue weighted by atomic mass is 16.5. The van der Waals surface area contributed by atoms with Crippen LogP contribution in [0, 0.1) is 13.8 Å². The van der Waals surface area contributed by atoms with Crippen molar-refractivity contribution in [2.75, 3.05) is 26.0 Å². The highest BCUT2D eigenvalue weighted by molar-refractivity contribution is 6.01. The van der Waals surface area contributed by atoms with Crippen LogP contribution in [0.1, 0.15) is 39.0 Å². The minimum atomic E-state index is -0.559. The van der Waals surface area contributed by atoms with Crippen molar-refractivity contribution >= 4 is 23.4 Å². The van der Waals surface area contributed by atoms with Crippen LogP contribution >= 0.6 is 0 Å². The van der Waals surface area contributed by atoms with Gasteiger partial charge in [0.15, 0.2) is 5.82 Å². The molecule has 9 heteroatoms. The molecule has 2 aromatic heterocycles. The highest BCUT2D eigenvalue weighted by Crippen LogP contribution is 2.24. The average Bonchev–Trinajstić information content (AvgIpc) is 3.06. The lowest BCUT2D eigenvalue weighted by molar-refractivity contribution is 0.0526. The second kappa shape index (κ2) is 8.73. The van der Waals surface area contributed by atoms with Crippen molar-refractivity contribution in [1.29, 1.82) is 0 Å². The molecule has 0 aliphatic carbocycles. The average molecular weight is 408 g/mol. The summed E-state index contributed by atoms with van der Waals surface area (Å²) in [6.07, 6.45) is 1.40. The largest absolute Gasteiger partial charge is 0.462 e. The third-order valence-corrected chi connectivity index (χ3v) is 4.29. The Labute approximate surface area is 174 Å². The summed E-state index contributed by atoms with van der Waals surface area (Å²) in [6.45, 7) is 5.70. The molecule has 0 saturated heterocycles. The summed E-state index contributed by atoms with van der Waals surface area (Å²) in [7, 11) is 3.35. The van der Waals surface area contributed by atoms with Crippen molar-refractivity contribution in [2.45, 2.75) is 20.8 Å². The van der Waals surface area contributed by atoms with Crippen LogP contribution < -0.4 is 5.32 Å². The van der Waals surface area contributed by atoms with Crippen molar-refractivity contribution in [3.05, 3.63) is 59.0 Å². The number of rotatable bonds is 6. The number of benzene rings is 1. The number of aryl methyl sites for hydroxylation is 2. The fraction of sp³-hybridized carbons (Fsp3) is 0.286. The van der Waals surface area contributed by atoms with Gasteiger partial charge in [0, 0.05) is 26.0 Å². The Balaban J connectivity index is 2.10. The number of para-hydroxylation sites is 1. The molecule has 0 saturated carbocycles. The van der Waals surface area contributed by atoms with Gasteiger partial charge >= 0.3 is 5.97 Å². The number of carbonyl (C=O) groups is 2. The zero-order valence-electron chi connectivity index (χ0n) is 17.6. The van der Waals surface area contributed by atoms with Crippen LogP contribution in [0.3, 0.4) is 0 Å². The van der Waals surface area contributed by atoms with E-state index in [9.17, 15) is 9.59 Å². The van der Waals surface area contributed by atoms with Gasteiger partial charge in [0.25, 0.3) is 11.9 Å². The van der Waals surface area contributed by atoms with E-state index in [-0.39, 0.29) is 23.9 Å². The number of amides is 1. The third kappa shape index (κ3) is 4.29. The zero-order chi connectivity index (χ0) is 21.8. The molecule has 0 fully saturated rings. The van der Waals surface area contributed by atoms with Crippen LogP contribution in [-0.2, 0) is 4.74 Å². The van der Waals surface area contributed by atoms with Crippen molar-refractivity contribution in [1.82, 2.24) is 24.6 Å². The van der Waals surface area contributed by atoms with Crippen LogP contribution in [0.4, 0.5) is 11.5 Å². The van der Waals surface area contributed by atoms with E-state index in [1.165, 1.54) is 11.1 Å². The smallest absolute Gasteiger partial charge is 0.343 e. The number of hydrogen-bond donors (Lipinski definition) is 1. The molecular formula is C21H24N6O3. The summed E-state index contributed by atoms with van der Waals surface area (Å²) in [4.78, 5) is 35.3. The van der Waals surface area contributed by atoms with E-state index in [2.05, 4.69) is 20.4 Å². The van der Waals surface area contributed by atoms with Crippen LogP contribution in [-0.4, -0.2) is 57.2 Å². The Morgan fingerprint density at radius 1 is 1.17 bits per heavy atom. The molecule has 3 aromatic rings. The number of nitrogens with one attached hydrogen (secondary N) is 1. The molecule has 3 rings (SSSR count). The van der Waals surface area contributed by atoms with Crippen molar-refractivity contribution in [2.24, 2.45) is 0 Å². The van der Waals surface area contributed by atoms with Gasteiger partial charge in [-0.3, -0.25) is 4.79 Å². The van der Waals surface area contributed by atoms with E-state index < -0.39 is 5.97 Å². The second-order valence-electron chi connectivity index (χ2n) is 6.86. The van der Waals surface area contributed by atoms with E-state index in [0.717, 1.165) is 11.4 Å². The minimum absolute atomic E-state index is 0.161.